The van der Waals surface area contributed by atoms with Gasteiger partial charge in [0.1, 0.15) is 10.8 Å². The first-order chi connectivity index (χ1) is 10.3. The first-order valence-corrected chi connectivity index (χ1v) is 6.71. The van der Waals surface area contributed by atoms with Crippen molar-refractivity contribution in [1.82, 2.24) is 30.2 Å². The molecule has 0 aliphatic rings. The summed E-state index contributed by atoms with van der Waals surface area (Å²) in [6.07, 6.45) is 0. The number of hydrogen-bond donors (Lipinski definition) is 3. The second kappa shape index (κ2) is 5.73. The van der Waals surface area contributed by atoms with Crippen LogP contribution in [0, 0.1) is 0 Å². The summed E-state index contributed by atoms with van der Waals surface area (Å²) in [7, 11) is 0. The van der Waals surface area contributed by atoms with Gasteiger partial charge in [-0.05, 0) is 34.3 Å². The van der Waals surface area contributed by atoms with Crippen LogP contribution in [-0.4, -0.2) is 30.2 Å². The van der Waals surface area contributed by atoms with Gasteiger partial charge in [-0.1, -0.05) is 18.2 Å². The van der Waals surface area contributed by atoms with Crippen LogP contribution in [0.3, 0.4) is 0 Å². The van der Waals surface area contributed by atoms with E-state index in [0.717, 1.165) is 5.69 Å². The van der Waals surface area contributed by atoms with Gasteiger partial charge in [0.05, 0.1) is 5.69 Å². The van der Waals surface area contributed by atoms with Crippen LogP contribution in [-0.2, 0) is 0 Å². The Morgan fingerprint density at radius 1 is 1.14 bits per heavy atom. The molecule has 9 nitrogen and oxygen atoms in total. The van der Waals surface area contributed by atoms with Crippen molar-refractivity contribution in [2.45, 2.75) is 10.2 Å². The zero-order valence-electron chi connectivity index (χ0n) is 10.7. The molecule has 0 unspecified atom stereocenters. The SMILES string of the molecule is NNc1cc(Sc2nnnn2-c2ccccc2)nc(N)n1. The highest BCUT2D eigenvalue weighted by atomic mass is 32.2. The maximum atomic E-state index is 5.62. The van der Waals surface area contributed by atoms with Crippen LogP contribution in [0.5, 0.6) is 0 Å². The van der Waals surface area contributed by atoms with Gasteiger partial charge in [-0.3, -0.25) is 0 Å². The van der Waals surface area contributed by atoms with Gasteiger partial charge in [-0.2, -0.15) is 9.67 Å². The average Bonchev–Trinajstić information content (AvgIpc) is 2.95. The summed E-state index contributed by atoms with van der Waals surface area (Å²) in [6.45, 7) is 0. The Kier molecular flexibility index (Phi) is 3.62. The molecule has 5 N–H and O–H groups in total. The lowest BCUT2D eigenvalue weighted by atomic mass is 10.3. The third kappa shape index (κ3) is 2.90. The molecule has 1 aromatic carbocycles. The largest absolute Gasteiger partial charge is 0.368 e. The van der Waals surface area contributed by atoms with Gasteiger partial charge in [-0.25, -0.2) is 10.8 Å². The Balaban J connectivity index is 1.93. The van der Waals surface area contributed by atoms with Gasteiger partial charge in [-0.15, -0.1) is 5.10 Å². The van der Waals surface area contributed by atoms with E-state index in [1.54, 1.807) is 10.7 Å². The minimum atomic E-state index is 0.117. The fourth-order valence-electron chi connectivity index (χ4n) is 1.64. The fraction of sp³-hybridized carbons (Fsp3) is 0. The molecule has 3 aromatic rings. The number of nitrogens with two attached hydrogens (primary N) is 2. The van der Waals surface area contributed by atoms with E-state index < -0.39 is 0 Å². The van der Waals surface area contributed by atoms with Crippen LogP contribution < -0.4 is 17.0 Å². The molecule has 0 radical (unpaired) electrons. The Morgan fingerprint density at radius 3 is 2.71 bits per heavy atom. The number of tetrazole rings is 1. The van der Waals surface area contributed by atoms with E-state index in [2.05, 4.69) is 30.9 Å². The van der Waals surface area contributed by atoms with Crippen molar-refractivity contribution in [2.75, 3.05) is 11.2 Å². The predicted octanol–water partition coefficient (Wildman–Crippen LogP) is 0.471. The molecule has 10 heteroatoms. The molecule has 3 rings (SSSR count). The van der Waals surface area contributed by atoms with Crippen LogP contribution >= 0.6 is 11.8 Å². The number of rotatable bonds is 4. The van der Waals surface area contributed by atoms with E-state index in [0.29, 0.717) is 16.0 Å². The number of aromatic nitrogens is 6. The van der Waals surface area contributed by atoms with E-state index in [4.69, 9.17) is 11.6 Å². The molecule has 0 aliphatic heterocycles. The molecule has 0 saturated carbocycles. The molecule has 0 atom stereocenters. The fourth-order valence-corrected chi connectivity index (χ4v) is 2.44. The van der Waals surface area contributed by atoms with Crippen molar-refractivity contribution < 1.29 is 0 Å². The highest BCUT2D eigenvalue weighted by molar-refractivity contribution is 7.99. The zero-order chi connectivity index (χ0) is 14.7. The normalized spacial score (nSPS) is 10.5. The number of para-hydroxylation sites is 1. The van der Waals surface area contributed by atoms with Crippen molar-refractivity contribution in [3.63, 3.8) is 0 Å². The average molecular weight is 301 g/mol. The smallest absolute Gasteiger partial charge is 0.223 e. The maximum absolute atomic E-state index is 5.62. The second-order valence-corrected chi connectivity index (χ2v) is 4.89. The topological polar surface area (TPSA) is 133 Å². The molecule has 0 saturated heterocycles. The Labute approximate surface area is 123 Å². The lowest BCUT2D eigenvalue weighted by molar-refractivity contribution is 0.756. The number of nitrogens with zero attached hydrogens (tertiary/aromatic N) is 6. The van der Waals surface area contributed by atoms with Crippen LogP contribution in [0.25, 0.3) is 5.69 Å². The lowest BCUT2D eigenvalue weighted by Crippen LogP contribution is -2.10. The van der Waals surface area contributed by atoms with E-state index in [-0.39, 0.29) is 5.95 Å². The predicted molar refractivity (Wildman–Crippen MR) is 77.5 cm³/mol. The Morgan fingerprint density at radius 2 is 1.95 bits per heavy atom. The second-order valence-electron chi connectivity index (χ2n) is 3.90. The van der Waals surface area contributed by atoms with Crippen molar-refractivity contribution >= 4 is 23.5 Å². The molecular formula is C11H11N9S. The summed E-state index contributed by atoms with van der Waals surface area (Å²) < 4.78 is 1.61. The maximum Gasteiger partial charge on any atom is 0.223 e. The lowest BCUT2D eigenvalue weighted by Gasteiger charge is -2.05. The van der Waals surface area contributed by atoms with E-state index in [1.807, 2.05) is 30.3 Å². The number of nitrogens with one attached hydrogen (secondary N) is 1. The number of benzene rings is 1. The van der Waals surface area contributed by atoms with Crippen molar-refractivity contribution in [1.29, 1.82) is 0 Å². The van der Waals surface area contributed by atoms with Gasteiger partial charge in [0, 0.05) is 6.07 Å². The molecular weight excluding hydrogens is 290 g/mol. The van der Waals surface area contributed by atoms with E-state index in [9.17, 15) is 0 Å². The van der Waals surface area contributed by atoms with Crippen molar-refractivity contribution in [3.05, 3.63) is 36.4 Å². The summed E-state index contributed by atoms with van der Waals surface area (Å²) in [5.41, 5.74) is 8.91. The highest BCUT2D eigenvalue weighted by Crippen LogP contribution is 2.27. The summed E-state index contributed by atoms with van der Waals surface area (Å²) in [4.78, 5) is 8.04. The molecule has 2 heterocycles. The molecule has 0 fully saturated rings. The number of nitrogen functional groups attached to an aromatic ring is 2. The number of hydrogen-bond acceptors (Lipinski definition) is 9. The van der Waals surface area contributed by atoms with Crippen LogP contribution in [0.4, 0.5) is 11.8 Å². The standard InChI is InChI=1S/C11H11N9S/c12-10-14-8(16-13)6-9(15-10)21-11-17-18-19-20(11)7-4-2-1-3-5-7/h1-6H,13H2,(H3,12,14,15,16). The first-order valence-electron chi connectivity index (χ1n) is 5.89. The number of hydrazine groups is 1. The summed E-state index contributed by atoms with van der Waals surface area (Å²) in [5, 5.41) is 12.8. The molecule has 106 valence electrons. The highest BCUT2D eigenvalue weighted by Gasteiger charge is 2.12. The molecule has 0 aliphatic carbocycles. The Hall–Kier alpha value is -2.72. The minimum Gasteiger partial charge on any atom is -0.368 e. The van der Waals surface area contributed by atoms with Gasteiger partial charge in [0.25, 0.3) is 0 Å². The Bertz CT molecular complexity index is 742. The van der Waals surface area contributed by atoms with Crippen molar-refractivity contribution in [3.8, 4) is 5.69 Å². The van der Waals surface area contributed by atoms with Crippen LogP contribution in [0.2, 0.25) is 0 Å². The molecule has 0 amide bonds. The quantitative estimate of drug-likeness (QED) is 0.357. The van der Waals surface area contributed by atoms with Crippen LogP contribution in [0.1, 0.15) is 0 Å². The molecule has 0 spiro atoms. The molecule has 0 bridgehead atoms. The molecule has 2 aromatic heterocycles. The zero-order valence-corrected chi connectivity index (χ0v) is 11.5. The van der Waals surface area contributed by atoms with Crippen molar-refractivity contribution in [2.24, 2.45) is 5.84 Å². The van der Waals surface area contributed by atoms with Gasteiger partial charge in [0.15, 0.2) is 0 Å². The van der Waals surface area contributed by atoms with E-state index in [1.165, 1.54) is 11.8 Å². The van der Waals surface area contributed by atoms with Gasteiger partial charge >= 0.3 is 0 Å². The molecule has 21 heavy (non-hydrogen) atoms. The van der Waals surface area contributed by atoms with Gasteiger partial charge < -0.3 is 11.2 Å². The third-order valence-electron chi connectivity index (χ3n) is 2.51. The van der Waals surface area contributed by atoms with Crippen LogP contribution in [0.15, 0.2) is 46.6 Å². The third-order valence-corrected chi connectivity index (χ3v) is 3.36. The van der Waals surface area contributed by atoms with Gasteiger partial charge in [0.2, 0.25) is 11.1 Å². The first kappa shape index (κ1) is 13.3. The summed E-state index contributed by atoms with van der Waals surface area (Å²) in [5.74, 6) is 5.87. The summed E-state index contributed by atoms with van der Waals surface area (Å²) in [6, 6.07) is 11.2. The monoisotopic (exact) mass is 301 g/mol. The minimum absolute atomic E-state index is 0.117. The number of anilines is 2. The van der Waals surface area contributed by atoms with E-state index >= 15 is 0 Å². The summed E-state index contributed by atoms with van der Waals surface area (Å²) >= 11 is 1.26.